The van der Waals surface area contributed by atoms with Crippen molar-refractivity contribution in [1.29, 1.82) is 0 Å². The van der Waals surface area contributed by atoms with Crippen LogP contribution in [0, 0.1) is 34.9 Å². The number of aromatic nitrogens is 2. The topological polar surface area (TPSA) is 33.5 Å². The van der Waals surface area contributed by atoms with Gasteiger partial charge in [-0.05, 0) is 99.7 Å². The summed E-state index contributed by atoms with van der Waals surface area (Å²) in [6.45, 7) is 18.3. The van der Waals surface area contributed by atoms with Gasteiger partial charge in [0.2, 0.25) is 0 Å². The van der Waals surface area contributed by atoms with Gasteiger partial charge in [-0.2, -0.15) is 0 Å². The van der Waals surface area contributed by atoms with Gasteiger partial charge in [0, 0.05) is 70.2 Å². The number of ether oxygens (including phenoxy) is 1. The van der Waals surface area contributed by atoms with Crippen molar-refractivity contribution in [1.82, 2.24) is 9.55 Å². The lowest BCUT2D eigenvalue weighted by Gasteiger charge is -2.31. The van der Waals surface area contributed by atoms with E-state index >= 15 is 17.6 Å². The molecule has 0 aliphatic carbocycles. The van der Waals surface area contributed by atoms with Crippen LogP contribution in [0.15, 0.2) is 140 Å². The molecule has 71 heavy (non-hydrogen) atoms. The summed E-state index contributed by atoms with van der Waals surface area (Å²) in [4.78, 5) is 8.57. The average molecular weight is 959 g/mol. The highest BCUT2D eigenvalue weighted by Gasteiger charge is 2.36. The smallest absolute Gasteiger partial charge is 0.137 e. The van der Waals surface area contributed by atoms with Crippen LogP contribution in [0.2, 0.25) is 0 Å². The maximum absolute atomic E-state index is 16.2. The predicted octanol–water partition coefficient (Wildman–Crippen LogP) is 17.3. The second-order valence-electron chi connectivity index (χ2n) is 21.4. The summed E-state index contributed by atoms with van der Waals surface area (Å²) >= 11 is 0. The van der Waals surface area contributed by atoms with E-state index in [2.05, 4.69) is 70.4 Å². The number of hydrogen-bond donors (Lipinski definition) is 0. The lowest BCUT2D eigenvalue weighted by Crippen LogP contribution is -2.26. The van der Waals surface area contributed by atoms with E-state index in [1.165, 1.54) is 0 Å². The molecule has 0 amide bonds. The largest absolute Gasteiger partial charge is 0.457 e. The van der Waals surface area contributed by atoms with Crippen molar-refractivity contribution >= 4 is 44.6 Å². The molecule has 11 heteroatoms. The Kier molecular flexibility index (Phi) is 11.4. The SMILES string of the molecule is CC(C)(C)c1cc(Oc2ccc3c4ccccc4n(-c4cc(C(C)(C)C)ccn4)c3c2)cc(N2CN(c3c(-c4c(F)cc(F)cc4F)cc(C(C)(C)C)cc3-c3c(F)cc(F)cc3F)c3ccccc32)c1. The third-order valence-electron chi connectivity index (χ3n) is 13.3. The normalized spacial score (nSPS) is 13.2. The molecule has 0 saturated heterocycles. The molecule has 0 fully saturated rings. The minimum atomic E-state index is -1.21. The standard InChI is InChI=1S/C60H52F6N4O/c1-58(2,3)34-20-21-67-54(26-34)70-50-15-11-10-14-42(50)43-19-18-40(32-53(43)70)71-41-23-35(59(4,5)6)22-39(31-41)68-33-69(52-17-13-12-16-51(52)68)57-44(55-46(63)27-37(61)28-47(55)64)24-36(60(7,8)9)25-45(57)56-48(65)29-38(62)30-49(56)66/h10-32H,33H2,1-9H3. The number of hydrogen-bond acceptors (Lipinski definition) is 4. The van der Waals surface area contributed by atoms with E-state index in [-0.39, 0.29) is 34.3 Å². The number of fused-ring (bicyclic) bond motifs is 4. The first-order valence-electron chi connectivity index (χ1n) is 23.5. The summed E-state index contributed by atoms with van der Waals surface area (Å²) in [6.07, 6.45) is 1.84. The molecule has 9 aromatic rings. The van der Waals surface area contributed by atoms with Crippen LogP contribution >= 0.6 is 0 Å². The fourth-order valence-electron chi connectivity index (χ4n) is 9.60. The Labute approximate surface area is 409 Å². The lowest BCUT2D eigenvalue weighted by molar-refractivity contribution is 0.479. The molecule has 0 bridgehead atoms. The van der Waals surface area contributed by atoms with Crippen molar-refractivity contribution in [3.8, 4) is 39.6 Å². The van der Waals surface area contributed by atoms with E-state index in [1.807, 2.05) is 92.5 Å². The molecule has 3 heterocycles. The molecule has 7 aromatic carbocycles. The Hall–Kier alpha value is -7.53. The average Bonchev–Trinajstić information content (AvgIpc) is 3.83. The van der Waals surface area contributed by atoms with E-state index in [1.54, 1.807) is 29.2 Å². The monoisotopic (exact) mass is 958 g/mol. The number of rotatable bonds is 7. The van der Waals surface area contributed by atoms with Gasteiger partial charge in [0.15, 0.2) is 0 Å². The Morgan fingerprint density at radius 1 is 0.465 bits per heavy atom. The molecule has 0 radical (unpaired) electrons. The van der Waals surface area contributed by atoms with Gasteiger partial charge in [0.05, 0.1) is 39.2 Å². The number of nitrogens with zero attached hydrogens (tertiary/aromatic N) is 4. The minimum absolute atomic E-state index is 0.0245. The number of halogens is 6. The molecule has 1 aliphatic rings. The molecule has 0 atom stereocenters. The Bertz CT molecular complexity index is 3470. The first-order chi connectivity index (χ1) is 33.5. The Morgan fingerprint density at radius 2 is 0.986 bits per heavy atom. The highest BCUT2D eigenvalue weighted by atomic mass is 19.2. The molecular formula is C60H52F6N4O. The Morgan fingerprint density at radius 3 is 1.56 bits per heavy atom. The van der Waals surface area contributed by atoms with Crippen LogP contribution in [0.3, 0.4) is 0 Å². The van der Waals surface area contributed by atoms with Crippen LogP contribution < -0.4 is 14.5 Å². The van der Waals surface area contributed by atoms with Gasteiger partial charge in [-0.1, -0.05) is 92.6 Å². The minimum Gasteiger partial charge on any atom is -0.457 e. The summed E-state index contributed by atoms with van der Waals surface area (Å²) < 4.78 is 103. The zero-order chi connectivity index (χ0) is 50.5. The molecule has 2 aromatic heterocycles. The van der Waals surface area contributed by atoms with Gasteiger partial charge >= 0.3 is 0 Å². The molecule has 360 valence electrons. The second kappa shape index (κ2) is 17.1. The van der Waals surface area contributed by atoms with Gasteiger partial charge in [-0.15, -0.1) is 0 Å². The molecule has 0 N–H and O–H groups in total. The summed E-state index contributed by atoms with van der Waals surface area (Å²) in [5, 5.41) is 2.10. The summed E-state index contributed by atoms with van der Waals surface area (Å²) in [6, 6.07) is 37.1. The molecule has 0 spiro atoms. The van der Waals surface area contributed by atoms with Crippen LogP contribution in [0.4, 0.5) is 49.1 Å². The van der Waals surface area contributed by atoms with Crippen LogP contribution in [0.1, 0.15) is 79.0 Å². The van der Waals surface area contributed by atoms with E-state index in [9.17, 15) is 8.78 Å². The Balaban J connectivity index is 1.14. The third-order valence-corrected chi connectivity index (χ3v) is 13.3. The maximum atomic E-state index is 16.2. The van der Waals surface area contributed by atoms with E-state index in [4.69, 9.17) is 9.72 Å². The zero-order valence-corrected chi connectivity index (χ0v) is 41.0. The van der Waals surface area contributed by atoms with Crippen LogP contribution in [-0.2, 0) is 16.2 Å². The van der Waals surface area contributed by atoms with Crippen molar-refractivity contribution in [2.75, 3.05) is 16.5 Å². The van der Waals surface area contributed by atoms with Crippen LogP contribution in [0.5, 0.6) is 11.5 Å². The highest BCUT2D eigenvalue weighted by Crippen LogP contribution is 2.53. The first-order valence-corrected chi connectivity index (χ1v) is 23.5. The van der Waals surface area contributed by atoms with Crippen molar-refractivity contribution in [3.63, 3.8) is 0 Å². The lowest BCUT2D eigenvalue weighted by atomic mass is 9.81. The predicted molar refractivity (Wildman–Crippen MR) is 274 cm³/mol. The number of anilines is 4. The zero-order valence-electron chi connectivity index (χ0n) is 41.0. The van der Waals surface area contributed by atoms with Gasteiger partial charge in [-0.25, -0.2) is 31.3 Å². The highest BCUT2D eigenvalue weighted by molar-refractivity contribution is 6.09. The molecule has 10 rings (SSSR count). The van der Waals surface area contributed by atoms with Crippen LogP contribution in [0.25, 0.3) is 49.9 Å². The molecular weight excluding hydrogens is 907 g/mol. The second-order valence-corrected chi connectivity index (χ2v) is 21.4. The molecule has 5 nitrogen and oxygen atoms in total. The summed E-state index contributed by atoms with van der Waals surface area (Å²) in [5.41, 5.74) is 3.81. The van der Waals surface area contributed by atoms with E-state index < -0.39 is 51.4 Å². The number of benzene rings is 7. The van der Waals surface area contributed by atoms with Gasteiger partial charge in [-0.3, -0.25) is 4.57 Å². The quantitative estimate of drug-likeness (QED) is 0.149. The van der Waals surface area contributed by atoms with Crippen LogP contribution in [-0.4, -0.2) is 16.2 Å². The van der Waals surface area contributed by atoms with Crippen molar-refractivity contribution in [2.24, 2.45) is 0 Å². The fourth-order valence-corrected chi connectivity index (χ4v) is 9.60. The van der Waals surface area contributed by atoms with Crippen molar-refractivity contribution in [3.05, 3.63) is 191 Å². The first kappa shape index (κ1) is 47.2. The fraction of sp³-hybridized carbons (Fsp3) is 0.217. The third kappa shape index (κ3) is 8.55. The van der Waals surface area contributed by atoms with E-state index in [0.717, 1.165) is 38.8 Å². The maximum Gasteiger partial charge on any atom is 0.137 e. The number of pyridine rings is 1. The molecule has 1 aliphatic heterocycles. The molecule has 0 saturated carbocycles. The van der Waals surface area contributed by atoms with Crippen molar-refractivity contribution < 1.29 is 31.1 Å². The van der Waals surface area contributed by atoms with Crippen molar-refractivity contribution in [2.45, 2.75) is 78.6 Å². The van der Waals surface area contributed by atoms with E-state index in [0.29, 0.717) is 58.4 Å². The number of para-hydroxylation sites is 3. The van der Waals surface area contributed by atoms with Gasteiger partial charge in [0.1, 0.15) is 58.9 Å². The molecule has 0 unspecified atom stereocenters. The van der Waals surface area contributed by atoms with Gasteiger partial charge < -0.3 is 14.5 Å². The summed E-state index contributed by atoms with van der Waals surface area (Å²) in [7, 11) is 0. The van der Waals surface area contributed by atoms with Gasteiger partial charge in [0.25, 0.3) is 0 Å². The summed E-state index contributed by atoms with van der Waals surface area (Å²) in [5.74, 6) is -5.22.